The van der Waals surface area contributed by atoms with E-state index in [1.54, 1.807) is 30.0 Å². The maximum absolute atomic E-state index is 12.0. The van der Waals surface area contributed by atoms with Crippen LogP contribution in [0.3, 0.4) is 0 Å². The Balaban J connectivity index is 2.24. The lowest BCUT2D eigenvalue weighted by Crippen LogP contribution is -2.31. The second kappa shape index (κ2) is 4.79. The Morgan fingerprint density at radius 1 is 1.29 bits per heavy atom. The van der Waals surface area contributed by atoms with Crippen LogP contribution in [0, 0.1) is 0 Å². The largest absolute Gasteiger partial charge is 0.398 e. The van der Waals surface area contributed by atoms with Crippen molar-refractivity contribution in [3.63, 3.8) is 0 Å². The van der Waals surface area contributed by atoms with E-state index in [2.05, 4.69) is 0 Å². The fourth-order valence-corrected chi connectivity index (χ4v) is 2.35. The molecule has 2 N–H and O–H groups in total. The van der Waals surface area contributed by atoms with Crippen molar-refractivity contribution in [3.05, 3.63) is 29.3 Å². The van der Waals surface area contributed by atoms with E-state index < -0.39 is 0 Å². The first kappa shape index (κ1) is 12.0. The molecule has 0 unspecified atom stereocenters. The molecule has 0 spiro atoms. The number of fused-ring (bicyclic) bond motifs is 1. The number of benzene rings is 1. The maximum Gasteiger partial charge on any atom is 0.263 e. The van der Waals surface area contributed by atoms with Crippen LogP contribution in [0.25, 0.3) is 0 Å². The van der Waals surface area contributed by atoms with Gasteiger partial charge in [0.15, 0.2) is 0 Å². The molecule has 0 saturated carbocycles. The molecule has 5 heteroatoms. The molecule has 1 aliphatic heterocycles. The van der Waals surface area contributed by atoms with E-state index in [0.717, 1.165) is 12.2 Å². The van der Waals surface area contributed by atoms with Crippen molar-refractivity contribution in [1.29, 1.82) is 0 Å². The van der Waals surface area contributed by atoms with Gasteiger partial charge in [-0.3, -0.25) is 14.5 Å². The Bertz CT molecular complexity index is 474. The minimum absolute atomic E-state index is 0.224. The van der Waals surface area contributed by atoms with Gasteiger partial charge in [-0.05, 0) is 30.6 Å². The molecule has 0 radical (unpaired) electrons. The monoisotopic (exact) mass is 250 g/mol. The van der Waals surface area contributed by atoms with Crippen LogP contribution in [0.2, 0.25) is 0 Å². The van der Waals surface area contributed by atoms with Crippen LogP contribution in [-0.2, 0) is 0 Å². The quantitative estimate of drug-likeness (QED) is 0.501. The first-order valence-electron chi connectivity index (χ1n) is 5.40. The number of rotatable bonds is 4. The lowest BCUT2D eigenvalue weighted by atomic mass is 10.1. The molecule has 1 aromatic carbocycles. The third kappa shape index (κ3) is 2.02. The second-order valence-corrected chi connectivity index (χ2v) is 4.86. The zero-order chi connectivity index (χ0) is 12.4. The summed E-state index contributed by atoms with van der Waals surface area (Å²) >= 11 is 1.70. The third-order valence-electron chi connectivity index (χ3n) is 2.76. The van der Waals surface area contributed by atoms with Gasteiger partial charge in [-0.25, -0.2) is 0 Å². The van der Waals surface area contributed by atoms with E-state index in [1.165, 1.54) is 4.90 Å². The Morgan fingerprint density at radius 3 is 2.71 bits per heavy atom. The average molecular weight is 250 g/mol. The van der Waals surface area contributed by atoms with E-state index in [-0.39, 0.29) is 11.8 Å². The van der Waals surface area contributed by atoms with Crippen LogP contribution in [-0.4, -0.2) is 35.3 Å². The van der Waals surface area contributed by atoms with Gasteiger partial charge in [0.1, 0.15) is 0 Å². The molecule has 2 amide bonds. The molecule has 0 aromatic heterocycles. The molecule has 4 nitrogen and oxygen atoms in total. The third-order valence-corrected chi connectivity index (χ3v) is 3.46. The molecule has 0 bridgehead atoms. The Labute approximate surface area is 104 Å². The minimum atomic E-state index is -0.260. The van der Waals surface area contributed by atoms with Crippen LogP contribution in [0.15, 0.2) is 18.2 Å². The Hall–Kier alpha value is -1.49. The number of thioether (sulfide) groups is 1. The second-order valence-electron chi connectivity index (χ2n) is 3.88. The Kier molecular flexibility index (Phi) is 3.38. The zero-order valence-corrected chi connectivity index (χ0v) is 10.4. The molecule has 1 aliphatic rings. The average Bonchev–Trinajstić information content (AvgIpc) is 2.55. The smallest absolute Gasteiger partial charge is 0.263 e. The summed E-state index contributed by atoms with van der Waals surface area (Å²) in [7, 11) is 0. The normalized spacial score (nSPS) is 14.3. The fourth-order valence-electron chi connectivity index (χ4n) is 1.93. The van der Waals surface area contributed by atoms with E-state index in [4.69, 9.17) is 5.73 Å². The van der Waals surface area contributed by atoms with Crippen LogP contribution < -0.4 is 5.73 Å². The highest BCUT2D eigenvalue weighted by atomic mass is 32.2. The number of hydrogen-bond acceptors (Lipinski definition) is 4. The molecule has 0 saturated heterocycles. The highest BCUT2D eigenvalue weighted by molar-refractivity contribution is 7.98. The van der Waals surface area contributed by atoms with Crippen molar-refractivity contribution in [2.45, 2.75) is 6.42 Å². The van der Waals surface area contributed by atoms with Crippen molar-refractivity contribution in [2.24, 2.45) is 0 Å². The predicted octanol–water partition coefficient (Wildman–Crippen LogP) is 1.62. The van der Waals surface area contributed by atoms with E-state index >= 15 is 0 Å². The van der Waals surface area contributed by atoms with Crippen molar-refractivity contribution >= 4 is 29.3 Å². The molecular weight excluding hydrogens is 236 g/mol. The van der Waals surface area contributed by atoms with E-state index in [9.17, 15) is 9.59 Å². The Morgan fingerprint density at radius 2 is 2.06 bits per heavy atom. The van der Waals surface area contributed by atoms with Gasteiger partial charge in [-0.15, -0.1) is 0 Å². The van der Waals surface area contributed by atoms with Crippen LogP contribution in [0.4, 0.5) is 5.69 Å². The number of imide groups is 1. The maximum atomic E-state index is 12.0. The summed E-state index contributed by atoms with van der Waals surface area (Å²) in [5.41, 5.74) is 6.91. The minimum Gasteiger partial charge on any atom is -0.398 e. The summed E-state index contributed by atoms with van der Waals surface area (Å²) in [5, 5.41) is 0. The van der Waals surface area contributed by atoms with Gasteiger partial charge in [0.25, 0.3) is 11.8 Å². The standard InChI is InChI=1S/C12H14N2O2S/c1-17-7-3-6-14-11(15)8-4-2-5-9(13)10(8)12(14)16/h2,4-5H,3,6-7,13H2,1H3. The van der Waals surface area contributed by atoms with E-state index in [0.29, 0.717) is 23.4 Å². The van der Waals surface area contributed by atoms with Gasteiger partial charge in [0, 0.05) is 12.2 Å². The van der Waals surface area contributed by atoms with Crippen LogP contribution >= 0.6 is 11.8 Å². The summed E-state index contributed by atoms with van der Waals surface area (Å²) in [6.45, 7) is 0.465. The lowest BCUT2D eigenvalue weighted by Gasteiger charge is -2.12. The highest BCUT2D eigenvalue weighted by Gasteiger charge is 2.36. The zero-order valence-electron chi connectivity index (χ0n) is 9.60. The van der Waals surface area contributed by atoms with Crippen molar-refractivity contribution < 1.29 is 9.59 Å². The fraction of sp³-hybridized carbons (Fsp3) is 0.333. The summed E-state index contributed by atoms with van der Waals surface area (Å²) in [5.74, 6) is 0.450. The molecule has 0 atom stereocenters. The van der Waals surface area contributed by atoms with Gasteiger partial charge >= 0.3 is 0 Å². The molecule has 17 heavy (non-hydrogen) atoms. The van der Waals surface area contributed by atoms with E-state index in [1.807, 2.05) is 6.26 Å². The number of nitrogen functional groups attached to an aromatic ring is 1. The number of amides is 2. The molecular formula is C12H14N2O2S. The number of nitrogens with zero attached hydrogens (tertiary/aromatic N) is 1. The molecule has 0 fully saturated rings. The summed E-state index contributed by atoms with van der Waals surface area (Å²) in [6.07, 6.45) is 2.81. The topological polar surface area (TPSA) is 63.4 Å². The highest BCUT2D eigenvalue weighted by Crippen LogP contribution is 2.27. The number of hydrogen-bond donors (Lipinski definition) is 1. The first-order valence-corrected chi connectivity index (χ1v) is 6.80. The van der Waals surface area contributed by atoms with Gasteiger partial charge in [0.2, 0.25) is 0 Å². The lowest BCUT2D eigenvalue weighted by molar-refractivity contribution is 0.0655. The number of carbonyl (C=O) groups excluding carboxylic acids is 2. The van der Waals surface area contributed by atoms with Crippen molar-refractivity contribution in [2.75, 3.05) is 24.3 Å². The molecule has 90 valence electrons. The van der Waals surface area contributed by atoms with Crippen molar-refractivity contribution in [1.82, 2.24) is 4.90 Å². The van der Waals surface area contributed by atoms with Gasteiger partial charge in [-0.1, -0.05) is 6.07 Å². The SMILES string of the molecule is CSCCCN1C(=O)c2cccc(N)c2C1=O. The van der Waals surface area contributed by atoms with Crippen LogP contribution in [0.1, 0.15) is 27.1 Å². The van der Waals surface area contributed by atoms with Gasteiger partial charge in [0.05, 0.1) is 11.1 Å². The van der Waals surface area contributed by atoms with Gasteiger partial charge < -0.3 is 5.73 Å². The number of anilines is 1. The molecule has 1 aromatic rings. The number of nitrogens with two attached hydrogens (primary N) is 1. The summed E-state index contributed by atoms with van der Waals surface area (Å²) in [4.78, 5) is 25.3. The summed E-state index contributed by atoms with van der Waals surface area (Å²) in [6, 6.07) is 5.00. The first-order chi connectivity index (χ1) is 8.16. The molecule has 2 rings (SSSR count). The molecule has 1 heterocycles. The number of carbonyl (C=O) groups is 2. The van der Waals surface area contributed by atoms with Crippen molar-refractivity contribution in [3.8, 4) is 0 Å². The summed E-state index contributed by atoms with van der Waals surface area (Å²) < 4.78 is 0. The molecule has 0 aliphatic carbocycles. The van der Waals surface area contributed by atoms with Crippen LogP contribution in [0.5, 0.6) is 0 Å². The predicted molar refractivity (Wildman–Crippen MR) is 69.2 cm³/mol. The van der Waals surface area contributed by atoms with Gasteiger partial charge in [-0.2, -0.15) is 11.8 Å².